The largest absolute Gasteiger partial charge is 0.480 e. The first-order valence-electron chi connectivity index (χ1n) is 4.56. The van der Waals surface area contributed by atoms with E-state index in [1.807, 2.05) is 4.72 Å². The van der Waals surface area contributed by atoms with Gasteiger partial charge in [-0.1, -0.05) is 0 Å². The van der Waals surface area contributed by atoms with E-state index in [2.05, 4.69) is 0 Å². The molecule has 2 N–H and O–H groups in total. The van der Waals surface area contributed by atoms with Crippen molar-refractivity contribution in [2.45, 2.75) is 31.7 Å². The minimum Gasteiger partial charge on any atom is -0.480 e. The molecule has 1 heterocycles. The second kappa shape index (κ2) is 4.26. The maximum atomic E-state index is 11.7. The number of carboxylic acids is 1. The van der Waals surface area contributed by atoms with Crippen LogP contribution in [-0.4, -0.2) is 25.5 Å². The molecule has 0 aliphatic heterocycles. The van der Waals surface area contributed by atoms with Crippen LogP contribution in [0.2, 0.25) is 0 Å². The van der Waals surface area contributed by atoms with Crippen molar-refractivity contribution in [3.8, 4) is 0 Å². The van der Waals surface area contributed by atoms with Crippen molar-refractivity contribution >= 4 is 16.0 Å². The summed E-state index contributed by atoms with van der Waals surface area (Å²) in [6.07, 6.45) is 0. The molecule has 0 amide bonds. The molecule has 6 nitrogen and oxygen atoms in total. The number of nitrogens with one attached hydrogen (secondary N) is 1. The van der Waals surface area contributed by atoms with E-state index in [1.165, 1.54) is 19.9 Å². The molecule has 0 spiro atoms. The maximum absolute atomic E-state index is 11.7. The molecule has 1 rings (SSSR count). The molecule has 0 aliphatic carbocycles. The summed E-state index contributed by atoms with van der Waals surface area (Å²) in [5.41, 5.74) is 0. The first-order chi connectivity index (χ1) is 7.24. The van der Waals surface area contributed by atoms with E-state index in [1.54, 1.807) is 6.92 Å². The molecular weight excluding hydrogens is 234 g/mol. The minimum atomic E-state index is -3.84. The number of carboxylic acid groups (broad SMARTS) is 1. The van der Waals surface area contributed by atoms with Crippen LogP contribution in [0.15, 0.2) is 15.4 Å². The van der Waals surface area contributed by atoms with Crippen molar-refractivity contribution in [1.29, 1.82) is 0 Å². The predicted molar refractivity (Wildman–Crippen MR) is 55.6 cm³/mol. The van der Waals surface area contributed by atoms with Gasteiger partial charge in [-0.25, -0.2) is 8.42 Å². The van der Waals surface area contributed by atoms with Gasteiger partial charge in [-0.3, -0.25) is 4.79 Å². The van der Waals surface area contributed by atoms with E-state index in [-0.39, 0.29) is 10.7 Å². The second-order valence-corrected chi connectivity index (χ2v) is 5.14. The van der Waals surface area contributed by atoms with Crippen molar-refractivity contribution in [3.63, 3.8) is 0 Å². The summed E-state index contributed by atoms with van der Waals surface area (Å²) in [7, 11) is -3.84. The Labute approximate surface area is 93.3 Å². The zero-order valence-electron chi connectivity index (χ0n) is 9.14. The number of aliphatic carboxylic acids is 1. The molecule has 90 valence electrons. The van der Waals surface area contributed by atoms with Gasteiger partial charge in [-0.2, -0.15) is 4.72 Å². The molecule has 1 aromatic heterocycles. The Morgan fingerprint density at radius 1 is 1.50 bits per heavy atom. The average Bonchev–Trinajstić information content (AvgIpc) is 2.45. The van der Waals surface area contributed by atoms with Gasteiger partial charge in [-0.05, 0) is 26.8 Å². The molecule has 0 radical (unpaired) electrons. The summed E-state index contributed by atoms with van der Waals surface area (Å²) in [5.74, 6) is -0.537. The highest BCUT2D eigenvalue weighted by Gasteiger charge is 2.25. The third kappa shape index (κ3) is 2.61. The van der Waals surface area contributed by atoms with E-state index in [0.717, 1.165) is 0 Å². The zero-order valence-corrected chi connectivity index (χ0v) is 9.96. The summed E-state index contributed by atoms with van der Waals surface area (Å²) in [6, 6.07) is 0.172. The van der Waals surface area contributed by atoms with Gasteiger partial charge in [0.2, 0.25) is 10.0 Å². The Kier molecular flexibility index (Phi) is 3.39. The molecule has 0 unspecified atom stereocenters. The summed E-state index contributed by atoms with van der Waals surface area (Å²) in [5, 5.41) is 8.62. The standard InChI is InChI=1S/C9H13NO5S/c1-5-4-8(7(3)15-5)16(13,14)10-6(2)9(11)12/h4,6,10H,1-3H3,(H,11,12)/t6-/m0/s1. The Hall–Kier alpha value is -1.34. The molecule has 1 atom stereocenters. The normalized spacial score (nSPS) is 13.7. The number of carbonyl (C=O) groups is 1. The van der Waals surface area contributed by atoms with Crippen molar-refractivity contribution in [2.24, 2.45) is 0 Å². The molecule has 0 fully saturated rings. The highest BCUT2D eigenvalue weighted by atomic mass is 32.2. The number of rotatable bonds is 4. The van der Waals surface area contributed by atoms with Crippen LogP contribution in [0.1, 0.15) is 18.4 Å². The summed E-state index contributed by atoms with van der Waals surface area (Å²) < 4.78 is 30.6. The molecule has 1 aromatic rings. The number of hydrogen-bond donors (Lipinski definition) is 2. The molecular formula is C9H13NO5S. The lowest BCUT2D eigenvalue weighted by Gasteiger charge is -2.08. The van der Waals surface area contributed by atoms with Gasteiger partial charge in [0, 0.05) is 0 Å². The third-order valence-corrected chi connectivity index (χ3v) is 3.64. The monoisotopic (exact) mass is 247 g/mol. The smallest absolute Gasteiger partial charge is 0.321 e. The highest BCUT2D eigenvalue weighted by Crippen LogP contribution is 2.19. The first kappa shape index (κ1) is 12.7. The van der Waals surface area contributed by atoms with E-state index in [9.17, 15) is 13.2 Å². The van der Waals surface area contributed by atoms with Crippen LogP contribution >= 0.6 is 0 Å². The van der Waals surface area contributed by atoms with Crippen molar-refractivity contribution < 1.29 is 22.7 Å². The number of sulfonamides is 1. The van der Waals surface area contributed by atoms with E-state index in [4.69, 9.17) is 9.52 Å². The van der Waals surface area contributed by atoms with Crippen LogP contribution < -0.4 is 4.72 Å². The quantitative estimate of drug-likeness (QED) is 0.814. The van der Waals surface area contributed by atoms with E-state index >= 15 is 0 Å². The lowest BCUT2D eigenvalue weighted by Crippen LogP contribution is -2.38. The fraction of sp³-hybridized carbons (Fsp3) is 0.444. The molecule has 16 heavy (non-hydrogen) atoms. The number of hydrogen-bond acceptors (Lipinski definition) is 4. The second-order valence-electron chi connectivity index (χ2n) is 3.46. The predicted octanol–water partition coefficient (Wildman–Crippen LogP) is 0.648. The SMILES string of the molecule is Cc1cc(S(=O)(=O)N[C@@H](C)C(=O)O)c(C)o1. The maximum Gasteiger partial charge on any atom is 0.321 e. The van der Waals surface area contributed by atoms with Crippen LogP contribution in [-0.2, 0) is 14.8 Å². The molecule has 0 aliphatic rings. The molecule has 7 heteroatoms. The molecule has 0 aromatic carbocycles. The van der Waals surface area contributed by atoms with Crippen molar-refractivity contribution in [2.75, 3.05) is 0 Å². The van der Waals surface area contributed by atoms with Gasteiger partial charge in [0.05, 0.1) is 0 Å². The molecule has 0 bridgehead atoms. The lowest BCUT2D eigenvalue weighted by atomic mass is 10.4. The van der Waals surface area contributed by atoms with Crippen molar-refractivity contribution in [3.05, 3.63) is 17.6 Å². The van der Waals surface area contributed by atoms with E-state index < -0.39 is 22.0 Å². The topological polar surface area (TPSA) is 96.6 Å². The fourth-order valence-electron chi connectivity index (χ4n) is 1.22. The van der Waals surface area contributed by atoms with Crippen LogP contribution in [0.5, 0.6) is 0 Å². The Bertz CT molecular complexity index is 502. The van der Waals surface area contributed by atoms with Crippen LogP contribution in [0, 0.1) is 13.8 Å². The summed E-state index contributed by atoms with van der Waals surface area (Å²) >= 11 is 0. The van der Waals surface area contributed by atoms with Gasteiger partial charge in [0.15, 0.2) is 0 Å². The van der Waals surface area contributed by atoms with Crippen LogP contribution in [0.25, 0.3) is 0 Å². The van der Waals surface area contributed by atoms with E-state index in [0.29, 0.717) is 5.76 Å². The zero-order chi connectivity index (χ0) is 12.5. The highest BCUT2D eigenvalue weighted by molar-refractivity contribution is 7.89. The van der Waals surface area contributed by atoms with Gasteiger partial charge in [-0.15, -0.1) is 0 Å². The molecule has 0 saturated carbocycles. The minimum absolute atomic E-state index is 0.0295. The first-order valence-corrected chi connectivity index (χ1v) is 6.04. The lowest BCUT2D eigenvalue weighted by molar-refractivity contribution is -0.138. The summed E-state index contributed by atoms with van der Waals surface area (Å²) in [6.45, 7) is 4.38. The fourth-order valence-corrected chi connectivity index (χ4v) is 2.66. The number of furan rings is 1. The van der Waals surface area contributed by atoms with Crippen LogP contribution in [0.4, 0.5) is 0 Å². The Morgan fingerprint density at radius 2 is 2.06 bits per heavy atom. The summed E-state index contributed by atoms with van der Waals surface area (Å²) in [4.78, 5) is 10.5. The molecule has 0 saturated heterocycles. The Morgan fingerprint density at radius 3 is 2.44 bits per heavy atom. The Balaban J connectivity index is 3.03. The van der Waals surface area contributed by atoms with Crippen molar-refractivity contribution in [1.82, 2.24) is 4.72 Å². The number of aryl methyl sites for hydroxylation is 2. The van der Waals surface area contributed by atoms with Crippen LogP contribution in [0.3, 0.4) is 0 Å². The van der Waals surface area contributed by atoms with Gasteiger partial charge in [0.1, 0.15) is 22.5 Å². The van der Waals surface area contributed by atoms with Gasteiger partial charge < -0.3 is 9.52 Å². The van der Waals surface area contributed by atoms with Gasteiger partial charge >= 0.3 is 5.97 Å². The van der Waals surface area contributed by atoms with Gasteiger partial charge in [0.25, 0.3) is 0 Å². The third-order valence-electron chi connectivity index (χ3n) is 1.99. The average molecular weight is 247 g/mol.